The molecule has 4 rings (SSSR count). The number of carbonyl (C=O) groups excluding carboxylic acids is 1. The molecule has 1 fully saturated rings. The molecule has 148 valence electrons. The van der Waals surface area contributed by atoms with E-state index >= 15 is 0 Å². The number of carbonyl (C=O) groups is 1. The zero-order valence-electron chi connectivity index (χ0n) is 15.8. The summed E-state index contributed by atoms with van der Waals surface area (Å²) >= 11 is 0. The second-order valence-corrected chi connectivity index (χ2v) is 6.91. The van der Waals surface area contributed by atoms with Crippen molar-refractivity contribution in [2.45, 2.75) is 0 Å². The molecule has 3 aromatic carbocycles. The summed E-state index contributed by atoms with van der Waals surface area (Å²) in [5.41, 5.74) is 2.29. The minimum absolute atomic E-state index is 0.0147. The van der Waals surface area contributed by atoms with Crippen molar-refractivity contribution in [3.63, 3.8) is 0 Å². The normalized spacial score (nSPS) is 14.0. The SMILES string of the molecule is O=C(Nc1ccc(N2CCN(c3ccccc3F)CC2)cc1)c1ccccc1F. The molecule has 4 nitrogen and oxygen atoms in total. The Hall–Kier alpha value is -3.41. The fourth-order valence-corrected chi connectivity index (χ4v) is 3.51. The highest BCUT2D eigenvalue weighted by molar-refractivity contribution is 6.04. The lowest BCUT2D eigenvalue weighted by Gasteiger charge is -2.37. The Bertz CT molecular complexity index is 999. The molecule has 1 aliphatic heterocycles. The van der Waals surface area contributed by atoms with E-state index in [1.807, 2.05) is 18.2 Å². The van der Waals surface area contributed by atoms with Crippen LogP contribution in [0.1, 0.15) is 10.4 Å². The minimum Gasteiger partial charge on any atom is -0.368 e. The van der Waals surface area contributed by atoms with Crippen molar-refractivity contribution in [1.29, 1.82) is 0 Å². The van der Waals surface area contributed by atoms with Gasteiger partial charge in [-0.15, -0.1) is 0 Å². The van der Waals surface area contributed by atoms with Crippen LogP contribution in [-0.4, -0.2) is 32.1 Å². The van der Waals surface area contributed by atoms with Crippen LogP contribution in [0.4, 0.5) is 25.8 Å². The minimum atomic E-state index is -0.547. The van der Waals surface area contributed by atoms with E-state index in [0.717, 1.165) is 31.9 Å². The maximum Gasteiger partial charge on any atom is 0.258 e. The second kappa shape index (κ2) is 8.31. The smallest absolute Gasteiger partial charge is 0.258 e. The topological polar surface area (TPSA) is 35.6 Å². The Morgan fingerprint density at radius 3 is 1.97 bits per heavy atom. The number of amides is 1. The third kappa shape index (κ3) is 4.21. The summed E-state index contributed by atoms with van der Waals surface area (Å²) in [6.45, 7) is 3.00. The van der Waals surface area contributed by atoms with E-state index in [-0.39, 0.29) is 11.4 Å². The molecule has 0 bridgehead atoms. The van der Waals surface area contributed by atoms with Crippen LogP contribution < -0.4 is 15.1 Å². The summed E-state index contributed by atoms with van der Waals surface area (Å²) in [4.78, 5) is 16.5. The number of nitrogens with zero attached hydrogens (tertiary/aromatic N) is 2. The highest BCUT2D eigenvalue weighted by atomic mass is 19.1. The number of piperazine rings is 1. The molecule has 1 N–H and O–H groups in total. The summed E-state index contributed by atoms with van der Waals surface area (Å²) in [5.74, 6) is -1.22. The molecule has 29 heavy (non-hydrogen) atoms. The molecule has 0 spiro atoms. The predicted octanol–water partition coefficient (Wildman–Crippen LogP) is 4.54. The van der Waals surface area contributed by atoms with Crippen LogP contribution in [-0.2, 0) is 0 Å². The van der Waals surface area contributed by atoms with E-state index < -0.39 is 11.7 Å². The molecule has 1 heterocycles. The first-order valence-corrected chi connectivity index (χ1v) is 9.52. The van der Waals surface area contributed by atoms with Crippen molar-refractivity contribution in [1.82, 2.24) is 0 Å². The van der Waals surface area contributed by atoms with E-state index in [4.69, 9.17) is 0 Å². The van der Waals surface area contributed by atoms with Crippen LogP contribution in [0, 0.1) is 11.6 Å². The number of anilines is 3. The standard InChI is InChI=1S/C23H21F2N3O/c24-20-6-2-1-5-19(20)23(29)26-17-9-11-18(12-10-17)27-13-15-28(16-14-27)22-8-4-3-7-21(22)25/h1-12H,13-16H2,(H,26,29). The number of rotatable bonds is 4. The highest BCUT2D eigenvalue weighted by Crippen LogP contribution is 2.24. The van der Waals surface area contributed by atoms with Gasteiger partial charge in [0.25, 0.3) is 5.91 Å². The van der Waals surface area contributed by atoms with Gasteiger partial charge in [-0.25, -0.2) is 8.78 Å². The van der Waals surface area contributed by atoms with E-state index in [2.05, 4.69) is 15.1 Å². The van der Waals surface area contributed by atoms with Gasteiger partial charge in [0.1, 0.15) is 11.6 Å². The van der Waals surface area contributed by atoms with E-state index in [1.165, 1.54) is 18.2 Å². The fourth-order valence-electron chi connectivity index (χ4n) is 3.51. The Morgan fingerprint density at radius 1 is 0.724 bits per heavy atom. The van der Waals surface area contributed by atoms with Gasteiger partial charge in [-0.05, 0) is 48.5 Å². The van der Waals surface area contributed by atoms with Crippen molar-refractivity contribution < 1.29 is 13.6 Å². The summed E-state index contributed by atoms with van der Waals surface area (Å²) in [5, 5.41) is 2.72. The van der Waals surface area contributed by atoms with Crippen molar-refractivity contribution in [3.05, 3.63) is 90.0 Å². The average Bonchev–Trinajstić information content (AvgIpc) is 2.75. The highest BCUT2D eigenvalue weighted by Gasteiger charge is 2.19. The number of nitrogens with one attached hydrogen (secondary N) is 1. The first-order chi connectivity index (χ1) is 14.1. The largest absolute Gasteiger partial charge is 0.368 e. The summed E-state index contributed by atoms with van der Waals surface area (Å²) < 4.78 is 27.7. The van der Waals surface area contributed by atoms with Crippen molar-refractivity contribution in [2.75, 3.05) is 41.3 Å². The Labute approximate surface area is 168 Å². The van der Waals surface area contributed by atoms with Crippen LogP contribution in [0.25, 0.3) is 0 Å². The van der Waals surface area contributed by atoms with E-state index in [0.29, 0.717) is 11.4 Å². The molecule has 0 unspecified atom stereocenters. The lowest BCUT2D eigenvalue weighted by atomic mass is 10.2. The third-order valence-electron chi connectivity index (χ3n) is 5.08. The molecule has 0 aliphatic carbocycles. The zero-order chi connectivity index (χ0) is 20.2. The van der Waals surface area contributed by atoms with Gasteiger partial charge < -0.3 is 15.1 Å². The molecule has 1 aliphatic rings. The van der Waals surface area contributed by atoms with Crippen LogP contribution in [0.15, 0.2) is 72.8 Å². The number of hydrogen-bond acceptors (Lipinski definition) is 3. The summed E-state index contributed by atoms with van der Waals surface area (Å²) in [6, 6.07) is 20.2. The van der Waals surface area contributed by atoms with Crippen molar-refractivity contribution in [3.8, 4) is 0 Å². The lowest BCUT2D eigenvalue weighted by Crippen LogP contribution is -2.46. The molecular weight excluding hydrogens is 372 g/mol. The van der Waals surface area contributed by atoms with Gasteiger partial charge in [0.05, 0.1) is 11.3 Å². The zero-order valence-corrected chi connectivity index (χ0v) is 15.8. The molecule has 1 saturated heterocycles. The quantitative estimate of drug-likeness (QED) is 0.707. The van der Waals surface area contributed by atoms with Crippen LogP contribution >= 0.6 is 0 Å². The molecule has 0 saturated carbocycles. The third-order valence-corrected chi connectivity index (χ3v) is 5.08. The van der Waals surface area contributed by atoms with Gasteiger partial charge in [-0.2, -0.15) is 0 Å². The molecule has 3 aromatic rings. The van der Waals surface area contributed by atoms with Crippen molar-refractivity contribution >= 4 is 23.0 Å². The number of hydrogen-bond donors (Lipinski definition) is 1. The van der Waals surface area contributed by atoms with Crippen molar-refractivity contribution in [2.24, 2.45) is 0 Å². The maximum absolute atomic E-state index is 14.0. The maximum atomic E-state index is 14.0. The van der Waals surface area contributed by atoms with E-state index in [9.17, 15) is 13.6 Å². The van der Waals surface area contributed by atoms with Gasteiger partial charge in [0.15, 0.2) is 0 Å². The Balaban J connectivity index is 1.37. The van der Waals surface area contributed by atoms with Crippen LogP contribution in [0.2, 0.25) is 0 Å². The van der Waals surface area contributed by atoms with Gasteiger partial charge in [0.2, 0.25) is 0 Å². The average molecular weight is 393 g/mol. The molecule has 1 amide bonds. The molecule has 0 radical (unpaired) electrons. The Kier molecular flexibility index (Phi) is 5.42. The number of halogens is 2. The monoisotopic (exact) mass is 393 g/mol. The molecular formula is C23H21F2N3O. The van der Waals surface area contributed by atoms with Gasteiger partial charge in [-0.1, -0.05) is 24.3 Å². The second-order valence-electron chi connectivity index (χ2n) is 6.91. The first-order valence-electron chi connectivity index (χ1n) is 9.52. The lowest BCUT2D eigenvalue weighted by molar-refractivity contribution is 0.102. The molecule has 6 heteroatoms. The van der Waals surface area contributed by atoms with Gasteiger partial charge in [0, 0.05) is 37.6 Å². The summed E-state index contributed by atoms with van der Waals surface area (Å²) in [6.07, 6.45) is 0. The van der Waals surface area contributed by atoms with E-state index in [1.54, 1.807) is 36.4 Å². The molecule has 0 aromatic heterocycles. The van der Waals surface area contributed by atoms with Crippen LogP contribution in [0.3, 0.4) is 0 Å². The van der Waals surface area contributed by atoms with Gasteiger partial charge >= 0.3 is 0 Å². The fraction of sp³-hybridized carbons (Fsp3) is 0.174. The Morgan fingerprint density at radius 2 is 1.31 bits per heavy atom. The number of benzene rings is 3. The number of para-hydroxylation sites is 1. The van der Waals surface area contributed by atoms with Crippen LogP contribution in [0.5, 0.6) is 0 Å². The summed E-state index contributed by atoms with van der Waals surface area (Å²) in [7, 11) is 0. The first kappa shape index (κ1) is 18.9. The predicted molar refractivity (Wildman–Crippen MR) is 112 cm³/mol. The molecule has 0 atom stereocenters. The van der Waals surface area contributed by atoms with Gasteiger partial charge in [-0.3, -0.25) is 4.79 Å².